The van der Waals surface area contributed by atoms with Crippen LogP contribution in [0, 0.1) is 0 Å². The van der Waals surface area contributed by atoms with Crippen LogP contribution in [0.15, 0.2) is 121 Å². The third kappa shape index (κ3) is 2.99. The molecular weight excluding hydrogens is 536 g/mol. The maximum absolute atomic E-state index is 5.39. The molecule has 10 rings (SSSR count). The van der Waals surface area contributed by atoms with Gasteiger partial charge in [0.25, 0.3) is 0 Å². The molecule has 3 aliphatic rings. The van der Waals surface area contributed by atoms with Gasteiger partial charge in [0.15, 0.2) is 5.82 Å². The molecular formula is C40H26N4. The van der Waals surface area contributed by atoms with Crippen LogP contribution >= 0.6 is 0 Å². The van der Waals surface area contributed by atoms with Crippen molar-refractivity contribution in [1.29, 1.82) is 0 Å². The summed E-state index contributed by atoms with van der Waals surface area (Å²) >= 11 is 0. The largest absolute Gasteiger partial charge is 0.295 e. The molecule has 44 heavy (non-hydrogen) atoms. The van der Waals surface area contributed by atoms with E-state index in [0.29, 0.717) is 0 Å². The van der Waals surface area contributed by atoms with Crippen LogP contribution in [0.5, 0.6) is 0 Å². The predicted molar refractivity (Wildman–Crippen MR) is 176 cm³/mol. The summed E-state index contributed by atoms with van der Waals surface area (Å²) < 4.78 is 2.38. The number of para-hydroxylation sites is 3. The summed E-state index contributed by atoms with van der Waals surface area (Å²) in [5, 5.41) is 2.14. The van der Waals surface area contributed by atoms with Gasteiger partial charge in [-0.3, -0.25) is 4.57 Å². The smallest absolute Gasteiger partial charge is 0.160 e. The summed E-state index contributed by atoms with van der Waals surface area (Å²) in [5.41, 5.74) is 12.2. The van der Waals surface area contributed by atoms with Gasteiger partial charge in [0.05, 0.1) is 27.8 Å². The van der Waals surface area contributed by atoms with Gasteiger partial charge in [-0.05, 0) is 64.9 Å². The average molecular weight is 563 g/mol. The molecule has 4 nitrogen and oxygen atoms in total. The van der Waals surface area contributed by atoms with E-state index in [1.165, 1.54) is 33.5 Å². The van der Waals surface area contributed by atoms with E-state index in [1.54, 1.807) is 0 Å². The van der Waals surface area contributed by atoms with Crippen LogP contribution in [-0.2, 0) is 5.41 Å². The van der Waals surface area contributed by atoms with E-state index < -0.39 is 5.41 Å². The number of aromatic nitrogens is 4. The van der Waals surface area contributed by atoms with Gasteiger partial charge in [0, 0.05) is 16.3 Å². The third-order valence-electron chi connectivity index (χ3n) is 9.62. The Hall–Kier alpha value is -5.61. The SMILES string of the molecule is C1=c2nc(-c3ccccc3)nc(-c3ccc4c(c3)C3(c5ccccc5-4)c4ccccc4-n4c3nc3ccccc34)c2=CCC1. The molecule has 0 amide bonds. The van der Waals surface area contributed by atoms with Crippen molar-refractivity contribution in [2.75, 3.05) is 0 Å². The topological polar surface area (TPSA) is 43.6 Å². The highest BCUT2D eigenvalue weighted by Gasteiger charge is 2.54. The maximum Gasteiger partial charge on any atom is 0.160 e. The van der Waals surface area contributed by atoms with Crippen LogP contribution in [0.1, 0.15) is 35.4 Å². The first-order valence-corrected chi connectivity index (χ1v) is 15.3. The zero-order valence-corrected chi connectivity index (χ0v) is 23.9. The number of imidazole rings is 1. The first-order chi connectivity index (χ1) is 21.8. The number of benzene rings is 5. The Morgan fingerprint density at radius 1 is 0.568 bits per heavy atom. The summed E-state index contributed by atoms with van der Waals surface area (Å²) in [4.78, 5) is 15.7. The normalized spacial score (nSPS) is 16.9. The van der Waals surface area contributed by atoms with Crippen molar-refractivity contribution < 1.29 is 0 Å². The van der Waals surface area contributed by atoms with Crippen molar-refractivity contribution in [2.45, 2.75) is 18.3 Å². The molecule has 7 aromatic rings. The molecule has 5 aromatic carbocycles. The van der Waals surface area contributed by atoms with Crippen molar-refractivity contribution in [3.8, 4) is 39.5 Å². The number of hydrogen-bond acceptors (Lipinski definition) is 3. The van der Waals surface area contributed by atoms with E-state index in [2.05, 4.69) is 120 Å². The molecule has 2 aromatic heterocycles. The minimum Gasteiger partial charge on any atom is -0.295 e. The highest BCUT2D eigenvalue weighted by atomic mass is 15.1. The van der Waals surface area contributed by atoms with Crippen LogP contribution in [0.25, 0.3) is 62.6 Å². The summed E-state index contributed by atoms with van der Waals surface area (Å²) in [6, 6.07) is 43.5. The lowest BCUT2D eigenvalue weighted by Gasteiger charge is -2.27. The van der Waals surface area contributed by atoms with Crippen LogP contribution < -0.4 is 10.6 Å². The minimum atomic E-state index is -0.539. The summed E-state index contributed by atoms with van der Waals surface area (Å²) in [7, 11) is 0. The standard InChI is InChI=1S/C40H26N4/c1-2-12-25(13-3-1)38-41-33-18-8-5-15-29(33)37(43-38)26-22-23-28-27-14-4-6-16-30(27)40(32(28)24-26)31-17-7-10-20-35(31)44-36-21-11-9-19-34(36)42-39(40)44/h1-4,6-7,9-24H,5,8H2. The number of rotatable bonds is 2. The van der Waals surface area contributed by atoms with Crippen LogP contribution in [-0.4, -0.2) is 19.5 Å². The molecule has 0 fully saturated rings. The maximum atomic E-state index is 5.39. The van der Waals surface area contributed by atoms with Gasteiger partial charge >= 0.3 is 0 Å². The Bertz CT molecular complexity index is 2450. The molecule has 1 unspecified atom stereocenters. The average Bonchev–Trinajstić information content (AvgIpc) is 3.71. The third-order valence-corrected chi connectivity index (χ3v) is 9.62. The second kappa shape index (κ2) is 8.71. The zero-order chi connectivity index (χ0) is 28.8. The molecule has 0 radical (unpaired) electrons. The van der Waals surface area contributed by atoms with Crippen LogP contribution in [0.3, 0.4) is 0 Å². The van der Waals surface area contributed by atoms with Crippen molar-refractivity contribution in [2.24, 2.45) is 0 Å². The molecule has 0 saturated heterocycles. The van der Waals surface area contributed by atoms with Gasteiger partial charge in [-0.2, -0.15) is 0 Å². The molecule has 0 N–H and O–H groups in total. The number of hydrogen-bond donors (Lipinski definition) is 0. The van der Waals surface area contributed by atoms with Gasteiger partial charge in [0.1, 0.15) is 11.2 Å². The van der Waals surface area contributed by atoms with E-state index in [-0.39, 0.29) is 0 Å². The van der Waals surface area contributed by atoms with E-state index in [1.807, 2.05) is 18.2 Å². The minimum absolute atomic E-state index is 0.539. The van der Waals surface area contributed by atoms with E-state index in [4.69, 9.17) is 15.0 Å². The Morgan fingerprint density at radius 2 is 1.32 bits per heavy atom. The highest BCUT2D eigenvalue weighted by molar-refractivity contribution is 5.92. The summed E-state index contributed by atoms with van der Waals surface area (Å²) in [6.45, 7) is 0. The molecule has 206 valence electrons. The molecule has 4 heteroatoms. The fraction of sp³-hybridized carbons (Fsp3) is 0.0750. The Balaban J connectivity index is 1.31. The van der Waals surface area contributed by atoms with E-state index >= 15 is 0 Å². The first-order valence-electron chi connectivity index (χ1n) is 15.3. The molecule has 1 spiro atoms. The van der Waals surface area contributed by atoms with Crippen molar-refractivity contribution in [1.82, 2.24) is 19.5 Å². The zero-order valence-electron chi connectivity index (χ0n) is 23.9. The molecule has 0 saturated carbocycles. The van der Waals surface area contributed by atoms with E-state index in [9.17, 15) is 0 Å². The predicted octanol–water partition coefficient (Wildman–Crippen LogP) is 7.18. The van der Waals surface area contributed by atoms with Crippen molar-refractivity contribution in [3.63, 3.8) is 0 Å². The fourth-order valence-electron chi connectivity index (χ4n) is 7.81. The van der Waals surface area contributed by atoms with Crippen LogP contribution in [0.2, 0.25) is 0 Å². The molecule has 3 heterocycles. The first kappa shape index (κ1) is 23.9. The second-order valence-corrected chi connectivity index (χ2v) is 11.9. The summed E-state index contributed by atoms with van der Waals surface area (Å²) in [5.74, 6) is 1.82. The van der Waals surface area contributed by atoms with Crippen molar-refractivity contribution in [3.05, 3.63) is 154 Å². The Morgan fingerprint density at radius 3 is 2.25 bits per heavy atom. The Labute approximate surface area is 254 Å². The lowest BCUT2D eigenvalue weighted by atomic mass is 9.72. The van der Waals surface area contributed by atoms with Gasteiger partial charge < -0.3 is 0 Å². The quantitative estimate of drug-likeness (QED) is 0.224. The van der Waals surface area contributed by atoms with Gasteiger partial charge in [-0.1, -0.05) is 109 Å². The van der Waals surface area contributed by atoms with Crippen LogP contribution in [0.4, 0.5) is 0 Å². The van der Waals surface area contributed by atoms with E-state index in [0.717, 1.165) is 62.9 Å². The van der Waals surface area contributed by atoms with Gasteiger partial charge in [0.2, 0.25) is 0 Å². The van der Waals surface area contributed by atoms with Gasteiger partial charge in [-0.15, -0.1) is 0 Å². The lowest BCUT2D eigenvalue weighted by molar-refractivity contribution is 0.738. The second-order valence-electron chi connectivity index (χ2n) is 11.9. The molecule has 1 aliphatic heterocycles. The Kier molecular flexibility index (Phi) is 4.73. The molecule has 2 aliphatic carbocycles. The number of nitrogens with zero attached hydrogens (tertiary/aromatic N) is 4. The highest BCUT2D eigenvalue weighted by Crippen LogP contribution is 2.60. The lowest BCUT2D eigenvalue weighted by Crippen LogP contribution is -2.34. The summed E-state index contributed by atoms with van der Waals surface area (Å²) in [6.07, 6.45) is 6.55. The van der Waals surface area contributed by atoms with Crippen molar-refractivity contribution >= 4 is 23.2 Å². The number of fused-ring (bicyclic) bond motifs is 13. The monoisotopic (exact) mass is 562 g/mol. The molecule has 1 atom stereocenters. The molecule has 0 bridgehead atoms. The fourth-order valence-corrected chi connectivity index (χ4v) is 7.81. The van der Waals surface area contributed by atoms with Gasteiger partial charge in [-0.25, -0.2) is 15.0 Å².